The van der Waals surface area contributed by atoms with Crippen molar-refractivity contribution in [1.82, 2.24) is 9.13 Å². The molecule has 3 heterocycles. The topological polar surface area (TPSA) is 67.8 Å². The average molecular weight is 744 g/mol. The Bertz CT molecular complexity index is 2660. The predicted octanol–water partition coefficient (Wildman–Crippen LogP) is 10.0. The van der Waals surface area contributed by atoms with E-state index in [9.17, 15) is 13.7 Å². The molecule has 0 unspecified atom stereocenters. The highest BCUT2D eigenvalue weighted by atomic mass is 127. The molecule has 0 bridgehead atoms. The van der Waals surface area contributed by atoms with E-state index in [0.29, 0.717) is 3.51 Å². The van der Waals surface area contributed by atoms with Crippen LogP contribution in [0.5, 0.6) is 0 Å². The van der Waals surface area contributed by atoms with Crippen LogP contribution in [0.4, 0.5) is 0 Å². The van der Waals surface area contributed by atoms with E-state index in [1.54, 1.807) is 28.4 Å². The maximum atomic E-state index is 13.5. The van der Waals surface area contributed by atoms with Crippen molar-refractivity contribution in [3.8, 4) is 17.4 Å². The van der Waals surface area contributed by atoms with Gasteiger partial charge in [0.1, 0.15) is 6.07 Å². The SMILES string of the molecule is CC(C)(C)c1ccc2c(c1)c1c(ccc3c4ccccc4n(-c4ccccc4)c31)n2-c1ccc(S(=O)(=O)C2=CI=C(C#N)C=C2)cc1. The first-order valence-corrected chi connectivity index (χ1v) is 19.2. The molecule has 7 heteroatoms. The van der Waals surface area contributed by atoms with Gasteiger partial charge in [-0.2, -0.15) is 5.26 Å². The number of nitrogens with zero attached hydrogens (tertiary/aromatic N) is 3. The number of fused-ring (bicyclic) bond motifs is 7. The van der Waals surface area contributed by atoms with Crippen molar-refractivity contribution in [2.24, 2.45) is 0 Å². The summed E-state index contributed by atoms with van der Waals surface area (Å²) in [5, 5.41) is 13.9. The Morgan fingerprint density at radius 2 is 1.36 bits per heavy atom. The largest absolute Gasteiger partial charge is 0.309 e. The van der Waals surface area contributed by atoms with Gasteiger partial charge < -0.3 is 9.13 Å². The van der Waals surface area contributed by atoms with Gasteiger partial charge in [0.25, 0.3) is 0 Å². The molecule has 5 aromatic carbocycles. The lowest BCUT2D eigenvalue weighted by molar-refractivity contribution is 0.591. The molecule has 0 fully saturated rings. The molecule has 8 rings (SSSR count). The zero-order chi connectivity index (χ0) is 32.5. The van der Waals surface area contributed by atoms with E-state index in [1.165, 1.54) is 16.3 Å². The number of para-hydroxylation sites is 2. The number of sulfone groups is 1. The van der Waals surface area contributed by atoms with Crippen molar-refractivity contribution in [2.45, 2.75) is 31.1 Å². The van der Waals surface area contributed by atoms with Gasteiger partial charge in [-0.1, -0.05) is 90.0 Å². The molecule has 47 heavy (non-hydrogen) atoms. The quantitative estimate of drug-likeness (QED) is 0.169. The molecular weight excluding hydrogens is 713 g/mol. The minimum absolute atomic E-state index is 0.0467. The van der Waals surface area contributed by atoms with Gasteiger partial charge in [0, 0.05) is 32.9 Å². The van der Waals surface area contributed by atoms with Crippen LogP contribution in [0.3, 0.4) is 0 Å². The molecule has 7 aromatic rings. The maximum absolute atomic E-state index is 13.5. The van der Waals surface area contributed by atoms with E-state index in [0.717, 1.165) is 44.2 Å². The van der Waals surface area contributed by atoms with Crippen LogP contribution in [0.15, 0.2) is 135 Å². The van der Waals surface area contributed by atoms with E-state index in [1.807, 2.05) is 18.2 Å². The Balaban J connectivity index is 1.42. The zero-order valence-electron chi connectivity index (χ0n) is 26.1. The highest BCUT2D eigenvalue weighted by Gasteiger charge is 2.24. The predicted molar refractivity (Wildman–Crippen MR) is 203 cm³/mol. The molecule has 2 aromatic heterocycles. The third kappa shape index (κ3) is 4.69. The summed E-state index contributed by atoms with van der Waals surface area (Å²) >= 11 is -0.760. The Morgan fingerprint density at radius 3 is 2.06 bits per heavy atom. The van der Waals surface area contributed by atoms with Crippen LogP contribution in [0, 0.1) is 11.3 Å². The lowest BCUT2D eigenvalue weighted by Gasteiger charge is -2.19. The van der Waals surface area contributed by atoms with E-state index < -0.39 is 30.6 Å². The third-order valence-corrected chi connectivity index (χ3v) is 13.4. The Labute approximate surface area is 283 Å². The highest BCUT2D eigenvalue weighted by molar-refractivity contribution is 14.2. The van der Waals surface area contributed by atoms with Gasteiger partial charge >= 0.3 is 0 Å². The van der Waals surface area contributed by atoms with Crippen molar-refractivity contribution < 1.29 is 8.42 Å². The summed E-state index contributed by atoms with van der Waals surface area (Å²) in [6.07, 6.45) is 3.18. The molecular formula is C40H30IN3O2S. The average Bonchev–Trinajstić information content (AvgIpc) is 3.61. The number of nitriles is 1. The van der Waals surface area contributed by atoms with Gasteiger partial charge in [-0.15, -0.1) is 0 Å². The van der Waals surface area contributed by atoms with Crippen LogP contribution in [0.1, 0.15) is 26.3 Å². The summed E-state index contributed by atoms with van der Waals surface area (Å²) in [6, 6.07) is 39.6. The molecule has 230 valence electrons. The molecule has 0 saturated carbocycles. The summed E-state index contributed by atoms with van der Waals surface area (Å²) in [5.41, 5.74) is 7.59. The van der Waals surface area contributed by atoms with Crippen molar-refractivity contribution >= 4 is 77.7 Å². The van der Waals surface area contributed by atoms with Gasteiger partial charge in [0.15, 0.2) is 0 Å². The van der Waals surface area contributed by atoms with Crippen molar-refractivity contribution in [1.29, 1.82) is 5.26 Å². The summed E-state index contributed by atoms with van der Waals surface area (Å²) in [7, 11) is -3.70. The molecule has 0 spiro atoms. The van der Waals surface area contributed by atoms with Crippen molar-refractivity contribution in [2.75, 3.05) is 0 Å². The second-order valence-corrected chi connectivity index (χ2v) is 17.1. The third-order valence-electron chi connectivity index (χ3n) is 8.94. The summed E-state index contributed by atoms with van der Waals surface area (Å²) < 4.78 is 34.1. The van der Waals surface area contributed by atoms with Gasteiger partial charge in [-0.25, -0.2) is 8.42 Å². The number of aromatic nitrogens is 2. The van der Waals surface area contributed by atoms with E-state index in [-0.39, 0.29) is 15.2 Å². The van der Waals surface area contributed by atoms with Gasteiger partial charge in [0.05, 0.1) is 35.4 Å². The molecule has 0 amide bonds. The second kappa shape index (κ2) is 10.9. The van der Waals surface area contributed by atoms with Gasteiger partial charge in [0.2, 0.25) is 9.84 Å². The molecule has 1 aliphatic heterocycles. The number of rotatable bonds is 4. The summed E-state index contributed by atoms with van der Waals surface area (Å²) in [6.45, 7) is 6.71. The molecule has 1 aliphatic rings. The van der Waals surface area contributed by atoms with Crippen molar-refractivity contribution in [3.05, 3.63) is 136 Å². The molecule has 0 N–H and O–H groups in total. The Kier molecular flexibility index (Phi) is 6.87. The van der Waals surface area contributed by atoms with Crippen molar-refractivity contribution in [3.63, 3.8) is 0 Å². The fraction of sp³-hybridized carbons (Fsp3) is 0.100. The van der Waals surface area contributed by atoms with Crippen LogP contribution in [-0.4, -0.2) is 21.1 Å². The molecule has 0 radical (unpaired) electrons. The smallest absolute Gasteiger partial charge is 0.207 e. The Hall–Kier alpha value is -4.78. The maximum Gasteiger partial charge on any atom is 0.207 e. The van der Waals surface area contributed by atoms with E-state index in [4.69, 9.17) is 0 Å². The minimum atomic E-state index is -3.70. The monoisotopic (exact) mass is 743 g/mol. The minimum Gasteiger partial charge on any atom is -0.309 e. The number of allylic oxidation sites excluding steroid dienone is 2. The van der Waals surface area contributed by atoms with Gasteiger partial charge in [-0.3, -0.25) is 0 Å². The molecule has 0 aliphatic carbocycles. The lowest BCUT2D eigenvalue weighted by atomic mass is 9.86. The highest BCUT2D eigenvalue weighted by Crippen LogP contribution is 2.43. The summed E-state index contributed by atoms with van der Waals surface area (Å²) in [5.74, 6) is 0. The van der Waals surface area contributed by atoms with Gasteiger partial charge in [-0.05, 0) is 87.9 Å². The fourth-order valence-electron chi connectivity index (χ4n) is 6.61. The molecule has 5 nitrogen and oxygen atoms in total. The number of hydrogen-bond acceptors (Lipinski definition) is 3. The first-order valence-electron chi connectivity index (χ1n) is 15.4. The standard InChI is InChI=1S/C40H30IN3O2S/c1-40(2,3)26-13-21-36-34(23-26)38-37(22-20-33-32-11-7-8-12-35(32)44(39(33)38)28-9-5-4-6-10-28)43(36)29-15-18-30(19-16-29)47(45,46)31-17-14-27(25-42)41-24-31/h4-24H,1-3H3. The normalized spacial score (nSPS) is 13.9. The van der Waals surface area contributed by atoms with Crippen LogP contribution in [0.25, 0.3) is 55.0 Å². The van der Waals surface area contributed by atoms with Crippen LogP contribution >= 0.6 is 20.7 Å². The van der Waals surface area contributed by atoms with E-state index in [2.05, 4.69) is 115 Å². The summed E-state index contributed by atoms with van der Waals surface area (Å²) in [4.78, 5) is 0.503. The van der Waals surface area contributed by atoms with Crippen LogP contribution in [0.2, 0.25) is 0 Å². The fourth-order valence-corrected chi connectivity index (χ4v) is 10.4. The lowest BCUT2D eigenvalue weighted by Crippen LogP contribution is -2.10. The van der Waals surface area contributed by atoms with Crippen LogP contribution < -0.4 is 0 Å². The first kappa shape index (κ1) is 29.6. The molecule has 0 atom stereocenters. The second-order valence-electron chi connectivity index (χ2n) is 12.8. The zero-order valence-corrected chi connectivity index (χ0v) is 29.0. The first-order chi connectivity index (χ1) is 22.7. The number of hydrogen-bond donors (Lipinski definition) is 0. The van der Waals surface area contributed by atoms with Crippen LogP contribution in [-0.2, 0) is 15.3 Å². The molecule has 0 saturated heterocycles. The number of halogens is 1. The Morgan fingerprint density at radius 1 is 0.681 bits per heavy atom. The number of benzene rings is 5. The van der Waals surface area contributed by atoms with E-state index >= 15 is 0 Å².